The number of hydrogen-bond donors (Lipinski definition) is 5. The fourth-order valence-corrected chi connectivity index (χ4v) is 4.28. The highest BCUT2D eigenvalue weighted by molar-refractivity contribution is 7.86. The van der Waals surface area contributed by atoms with Crippen molar-refractivity contribution in [1.29, 1.82) is 0 Å². The maximum Gasteiger partial charge on any atom is 0.264 e. The van der Waals surface area contributed by atoms with Crippen molar-refractivity contribution in [3.8, 4) is 0 Å². The van der Waals surface area contributed by atoms with Crippen molar-refractivity contribution >= 4 is 40.5 Å². The molecule has 13 nitrogen and oxygen atoms in total. The number of aliphatic hydroxyl groups is 1. The van der Waals surface area contributed by atoms with E-state index >= 15 is 0 Å². The van der Waals surface area contributed by atoms with Gasteiger partial charge >= 0.3 is 0 Å². The van der Waals surface area contributed by atoms with Gasteiger partial charge in [0.25, 0.3) is 40.5 Å². The van der Waals surface area contributed by atoms with Gasteiger partial charge in [0, 0.05) is 6.61 Å². The summed E-state index contributed by atoms with van der Waals surface area (Å²) in [6, 6.07) is 0. The summed E-state index contributed by atoms with van der Waals surface area (Å²) in [7, 11) is -14.9. The zero-order valence-electron chi connectivity index (χ0n) is 21.4. The number of hydrogen-bond acceptors (Lipinski definition) is 9. The van der Waals surface area contributed by atoms with Gasteiger partial charge in [-0.25, -0.2) is 0 Å². The van der Waals surface area contributed by atoms with Crippen LogP contribution in [0.15, 0.2) is 0 Å². The van der Waals surface area contributed by atoms with Crippen LogP contribution in [0.1, 0.15) is 91.4 Å². The van der Waals surface area contributed by atoms with E-state index in [1.54, 1.807) is 0 Å². The molecule has 5 N–H and O–H groups in total. The van der Waals surface area contributed by atoms with E-state index in [1.165, 1.54) is 0 Å². The van der Waals surface area contributed by atoms with Crippen LogP contribution in [-0.2, 0) is 40.5 Å². The lowest BCUT2D eigenvalue weighted by molar-refractivity contribution is 0.287. The van der Waals surface area contributed by atoms with Crippen LogP contribution in [0, 0.1) is 0 Å². The Bertz CT molecular complexity index is 743. The highest BCUT2D eigenvalue weighted by Crippen LogP contribution is 1.97. The Balaban J connectivity index is -0.000000190. The van der Waals surface area contributed by atoms with Crippen LogP contribution in [0.2, 0.25) is 0 Å². The third-order valence-electron chi connectivity index (χ3n) is 3.83. The first-order valence-electron chi connectivity index (χ1n) is 11.7. The van der Waals surface area contributed by atoms with Crippen LogP contribution in [-0.4, -0.2) is 86.6 Å². The summed E-state index contributed by atoms with van der Waals surface area (Å²) in [6.45, 7) is 5.90. The summed E-state index contributed by atoms with van der Waals surface area (Å²) in [5, 5.41) is 8.19. The largest absolute Gasteiger partial charge is 0.396 e. The summed E-state index contributed by atoms with van der Waals surface area (Å²) in [4.78, 5) is 0. The van der Waals surface area contributed by atoms with Crippen LogP contribution in [0.3, 0.4) is 0 Å². The summed E-state index contributed by atoms with van der Waals surface area (Å²) < 4.78 is 113. The lowest BCUT2D eigenvalue weighted by Crippen LogP contribution is -2.03. The molecule has 0 aliphatic heterocycles. The van der Waals surface area contributed by atoms with E-state index in [-0.39, 0.29) is 29.6 Å². The summed E-state index contributed by atoms with van der Waals surface area (Å²) in [6.07, 6.45) is 7.91. The van der Waals surface area contributed by atoms with Gasteiger partial charge in [0.1, 0.15) is 0 Å². The van der Waals surface area contributed by atoms with Crippen molar-refractivity contribution < 1.29 is 57.0 Å². The molecule has 36 heavy (non-hydrogen) atoms. The summed E-state index contributed by atoms with van der Waals surface area (Å²) in [5.74, 6) is -0.546. The average molecular weight is 611 g/mol. The van der Waals surface area contributed by atoms with Crippen molar-refractivity contribution in [1.82, 2.24) is 0 Å². The molecule has 224 valence electrons. The number of unbranched alkanes of at least 4 members (excludes halogenated alkanes) is 7. The van der Waals surface area contributed by atoms with E-state index in [4.69, 9.17) is 23.3 Å². The van der Waals surface area contributed by atoms with Crippen molar-refractivity contribution in [3.05, 3.63) is 0 Å². The molecule has 0 bridgehead atoms. The standard InChI is InChI=1S/3C5H12O3S.C4H10O4S/c3*1-2-3-4-5-9(6,7)8;5-3-1-2-4-9(6,7)8/h3*2-5H2,1H3,(H,6,7,8);5H,1-4H2,(H,6,7,8). The van der Waals surface area contributed by atoms with E-state index < -0.39 is 40.5 Å². The second-order valence-corrected chi connectivity index (χ2v) is 14.0. The molecule has 0 rings (SSSR count). The normalized spacial score (nSPS) is 11.8. The molecule has 0 amide bonds. The Hall–Kier alpha value is -0.400. The lowest BCUT2D eigenvalue weighted by atomic mass is 10.3. The first-order valence-corrected chi connectivity index (χ1v) is 18.1. The number of aliphatic hydroxyl groups excluding tert-OH is 1. The minimum atomic E-state index is -3.81. The Kier molecular flexibility index (Phi) is 29.5. The lowest BCUT2D eigenvalue weighted by Gasteiger charge is -1.92. The Morgan fingerprint density at radius 2 is 0.583 bits per heavy atom. The Morgan fingerprint density at radius 3 is 0.722 bits per heavy atom. The molecule has 0 radical (unpaired) electrons. The van der Waals surface area contributed by atoms with Crippen molar-refractivity contribution in [2.24, 2.45) is 0 Å². The zero-order valence-corrected chi connectivity index (χ0v) is 24.7. The third-order valence-corrected chi connectivity index (χ3v) is 7.05. The van der Waals surface area contributed by atoms with E-state index in [2.05, 4.69) is 0 Å². The van der Waals surface area contributed by atoms with Crippen LogP contribution in [0.25, 0.3) is 0 Å². The van der Waals surface area contributed by atoms with Gasteiger partial charge in [-0.1, -0.05) is 59.3 Å². The molecule has 0 spiro atoms. The minimum absolute atomic E-state index is 0.0322. The van der Waals surface area contributed by atoms with E-state index in [9.17, 15) is 33.7 Å². The first-order chi connectivity index (χ1) is 16.2. The molecule has 0 aliphatic carbocycles. The monoisotopic (exact) mass is 610 g/mol. The van der Waals surface area contributed by atoms with E-state index in [1.807, 2.05) is 20.8 Å². The zero-order chi connectivity index (χ0) is 29.3. The highest BCUT2D eigenvalue weighted by Gasteiger charge is 2.03. The van der Waals surface area contributed by atoms with Crippen molar-refractivity contribution in [2.45, 2.75) is 91.4 Å². The highest BCUT2D eigenvalue weighted by atomic mass is 32.2. The molecule has 0 aromatic heterocycles. The first kappa shape index (κ1) is 42.7. The van der Waals surface area contributed by atoms with Crippen molar-refractivity contribution in [2.75, 3.05) is 29.6 Å². The third kappa shape index (κ3) is 64.1. The molecule has 0 unspecified atom stereocenters. The minimum Gasteiger partial charge on any atom is -0.396 e. The fourth-order valence-electron chi connectivity index (χ4n) is 2.00. The van der Waals surface area contributed by atoms with Gasteiger partial charge in [-0.05, 0) is 32.1 Å². The molecule has 17 heteroatoms. The molecule has 0 saturated carbocycles. The molecule has 0 aliphatic rings. The predicted octanol–water partition coefficient (Wildman–Crippen LogP) is 2.84. The molecule has 0 aromatic rings. The maximum atomic E-state index is 10.1. The topological polar surface area (TPSA) is 238 Å². The summed E-state index contributed by atoms with van der Waals surface area (Å²) in [5.41, 5.74) is 0. The molecular formula is C19H46O13S4. The van der Waals surface area contributed by atoms with Gasteiger partial charge < -0.3 is 5.11 Å². The smallest absolute Gasteiger partial charge is 0.264 e. The maximum absolute atomic E-state index is 10.1. The molecule has 0 saturated heterocycles. The second-order valence-electron chi connectivity index (χ2n) is 7.70. The van der Waals surface area contributed by atoms with Gasteiger partial charge in [-0.2, -0.15) is 33.7 Å². The molecule has 0 heterocycles. The SMILES string of the molecule is CCCCCS(=O)(=O)O.CCCCCS(=O)(=O)O.CCCCCS(=O)(=O)O.O=S(=O)(O)CCCCO. The quantitative estimate of drug-likeness (QED) is 0.125. The van der Waals surface area contributed by atoms with Gasteiger partial charge in [-0.3, -0.25) is 18.2 Å². The Morgan fingerprint density at radius 1 is 0.389 bits per heavy atom. The van der Waals surface area contributed by atoms with E-state index in [0.29, 0.717) is 32.1 Å². The van der Waals surface area contributed by atoms with Gasteiger partial charge in [0.05, 0.1) is 23.0 Å². The number of rotatable bonds is 16. The Labute approximate surface area is 218 Å². The summed E-state index contributed by atoms with van der Waals surface area (Å²) >= 11 is 0. The van der Waals surface area contributed by atoms with E-state index in [0.717, 1.165) is 38.5 Å². The van der Waals surface area contributed by atoms with Crippen LogP contribution in [0.4, 0.5) is 0 Å². The van der Waals surface area contributed by atoms with Crippen molar-refractivity contribution in [3.63, 3.8) is 0 Å². The van der Waals surface area contributed by atoms with Gasteiger partial charge in [-0.15, -0.1) is 0 Å². The van der Waals surface area contributed by atoms with Crippen LogP contribution in [0.5, 0.6) is 0 Å². The molecule has 0 atom stereocenters. The molecular weight excluding hydrogens is 564 g/mol. The van der Waals surface area contributed by atoms with Gasteiger partial charge in [0.2, 0.25) is 0 Å². The fraction of sp³-hybridized carbons (Fsp3) is 1.00. The van der Waals surface area contributed by atoms with Crippen LogP contribution < -0.4 is 0 Å². The predicted molar refractivity (Wildman–Crippen MR) is 141 cm³/mol. The van der Waals surface area contributed by atoms with Crippen LogP contribution >= 0.6 is 0 Å². The molecule has 0 fully saturated rings. The second kappa shape index (κ2) is 24.9. The molecule has 0 aromatic carbocycles. The average Bonchev–Trinajstić information content (AvgIpc) is 2.67. The van der Waals surface area contributed by atoms with Gasteiger partial charge in [0.15, 0.2) is 0 Å².